The van der Waals surface area contributed by atoms with Gasteiger partial charge < -0.3 is 14.6 Å². The van der Waals surface area contributed by atoms with Crippen LogP contribution in [0.4, 0.5) is 0 Å². The van der Waals surface area contributed by atoms with E-state index < -0.39 is 10.1 Å². The quantitative estimate of drug-likeness (QED) is 0.758. The van der Waals surface area contributed by atoms with Crippen molar-refractivity contribution >= 4 is 10.1 Å². The van der Waals surface area contributed by atoms with Crippen LogP contribution in [0.1, 0.15) is 0 Å². The number of methoxy groups -OCH3 is 2. The second-order valence-electron chi connectivity index (χ2n) is 2.74. The van der Waals surface area contributed by atoms with Gasteiger partial charge >= 0.3 is 0 Å². The number of aromatic hydroxyl groups is 1. The van der Waals surface area contributed by atoms with Crippen LogP contribution in [0.5, 0.6) is 17.2 Å². The predicted octanol–water partition coefficient (Wildman–Crippen LogP) is 0.913. The smallest absolute Gasteiger partial charge is 0.261 e. The number of benzene rings is 1. The normalized spacial score (nSPS) is 10.0. The van der Waals surface area contributed by atoms with Gasteiger partial charge in [0.2, 0.25) is 5.75 Å². The van der Waals surface area contributed by atoms with Crippen molar-refractivity contribution in [2.24, 2.45) is 0 Å². The van der Waals surface area contributed by atoms with Gasteiger partial charge in [-0.2, -0.15) is 8.42 Å². The molecule has 0 aliphatic heterocycles. The van der Waals surface area contributed by atoms with Crippen LogP contribution in [0.3, 0.4) is 0 Å². The van der Waals surface area contributed by atoms with Gasteiger partial charge in [-0.15, -0.1) is 0 Å². The summed E-state index contributed by atoms with van der Waals surface area (Å²) < 4.78 is 35.6. The van der Waals surface area contributed by atoms with Gasteiger partial charge in [-0.05, 0) is 12.1 Å². The molecule has 0 spiro atoms. The van der Waals surface area contributed by atoms with Crippen molar-refractivity contribution < 1.29 is 27.6 Å². The molecule has 1 rings (SSSR count). The highest BCUT2D eigenvalue weighted by molar-refractivity contribution is 7.85. The standard InChI is InChI=1S/C8H10O3.CH4O3S/c1-10-6-4-3-5-7(11-2)8(6)9;1-5(2,3)4/h3-5,9H,1-2H3;1H3,(H,2,3,4). The third-order valence-electron chi connectivity index (χ3n) is 1.40. The zero-order valence-electron chi connectivity index (χ0n) is 9.17. The van der Waals surface area contributed by atoms with E-state index in [1.165, 1.54) is 14.2 Å². The largest absolute Gasteiger partial charge is 0.502 e. The third kappa shape index (κ3) is 6.10. The molecule has 0 saturated carbocycles. The minimum atomic E-state index is -3.67. The highest BCUT2D eigenvalue weighted by Crippen LogP contribution is 2.34. The van der Waals surface area contributed by atoms with Crippen molar-refractivity contribution in [3.63, 3.8) is 0 Å². The van der Waals surface area contributed by atoms with Crippen molar-refractivity contribution in [1.82, 2.24) is 0 Å². The van der Waals surface area contributed by atoms with Crippen LogP contribution in [0, 0.1) is 0 Å². The maximum atomic E-state index is 9.34. The molecule has 0 aromatic heterocycles. The third-order valence-corrected chi connectivity index (χ3v) is 1.40. The summed E-state index contributed by atoms with van der Waals surface area (Å²) in [4.78, 5) is 0. The van der Waals surface area contributed by atoms with Crippen molar-refractivity contribution in [3.8, 4) is 17.2 Å². The summed E-state index contributed by atoms with van der Waals surface area (Å²) in [6.45, 7) is 0. The van der Waals surface area contributed by atoms with Crippen LogP contribution in [0.15, 0.2) is 18.2 Å². The summed E-state index contributed by atoms with van der Waals surface area (Å²) in [5.41, 5.74) is 0. The van der Waals surface area contributed by atoms with E-state index in [0.29, 0.717) is 17.8 Å². The lowest BCUT2D eigenvalue weighted by Gasteiger charge is -2.06. The SMILES string of the molecule is COc1cccc(OC)c1O.CS(=O)(=O)O. The van der Waals surface area contributed by atoms with Crippen LogP contribution < -0.4 is 9.47 Å². The summed E-state index contributed by atoms with van der Waals surface area (Å²) in [5, 5.41) is 9.34. The van der Waals surface area contributed by atoms with E-state index in [0.717, 1.165) is 0 Å². The first-order valence-corrected chi connectivity index (χ1v) is 5.96. The Hall–Kier alpha value is -1.47. The van der Waals surface area contributed by atoms with Gasteiger partial charge in [0, 0.05) is 0 Å². The van der Waals surface area contributed by atoms with Gasteiger partial charge in [0.25, 0.3) is 10.1 Å². The second kappa shape index (κ2) is 6.19. The molecule has 1 aromatic carbocycles. The van der Waals surface area contributed by atoms with Gasteiger partial charge in [-0.3, -0.25) is 4.55 Å². The summed E-state index contributed by atoms with van der Waals surface area (Å²) in [6.07, 6.45) is 0.715. The molecule has 2 N–H and O–H groups in total. The van der Waals surface area contributed by atoms with Crippen molar-refractivity contribution in [2.75, 3.05) is 20.5 Å². The van der Waals surface area contributed by atoms with E-state index in [2.05, 4.69) is 0 Å². The molecule has 1 aromatic rings. The van der Waals surface area contributed by atoms with Crippen molar-refractivity contribution in [2.45, 2.75) is 0 Å². The Balaban J connectivity index is 0.000000385. The fourth-order valence-corrected chi connectivity index (χ4v) is 0.832. The molecule has 0 saturated heterocycles. The molecule has 0 unspecified atom stereocenters. The molecule has 0 radical (unpaired) electrons. The Bertz CT molecular complexity index is 395. The molecule has 7 heteroatoms. The first kappa shape index (κ1) is 14.5. The van der Waals surface area contributed by atoms with Crippen molar-refractivity contribution in [3.05, 3.63) is 18.2 Å². The number of hydrogen-bond donors (Lipinski definition) is 2. The monoisotopic (exact) mass is 250 g/mol. The molecule has 0 aliphatic rings. The molecule has 0 fully saturated rings. The molecule has 0 atom stereocenters. The van der Waals surface area contributed by atoms with E-state index >= 15 is 0 Å². The number of rotatable bonds is 2. The molecular formula is C9H14O6S. The Labute approximate surface area is 94.2 Å². The molecule has 0 aliphatic carbocycles. The zero-order chi connectivity index (χ0) is 12.8. The Kier molecular flexibility index (Phi) is 5.62. The topological polar surface area (TPSA) is 93.1 Å². The number of para-hydroxylation sites is 1. The maximum absolute atomic E-state index is 9.34. The molecular weight excluding hydrogens is 236 g/mol. The van der Waals surface area contributed by atoms with Crippen LogP contribution in [-0.4, -0.2) is 38.6 Å². The first-order valence-electron chi connectivity index (χ1n) is 4.12. The summed E-state index contributed by atoms with van der Waals surface area (Å²) in [6, 6.07) is 5.08. The highest BCUT2D eigenvalue weighted by atomic mass is 32.2. The average molecular weight is 250 g/mol. The molecule has 16 heavy (non-hydrogen) atoms. The highest BCUT2D eigenvalue weighted by Gasteiger charge is 2.05. The number of ether oxygens (including phenoxy) is 2. The van der Waals surface area contributed by atoms with E-state index in [9.17, 15) is 13.5 Å². The van der Waals surface area contributed by atoms with E-state index in [4.69, 9.17) is 14.0 Å². The van der Waals surface area contributed by atoms with Gasteiger partial charge in [0.1, 0.15) is 0 Å². The second-order valence-corrected chi connectivity index (χ2v) is 4.21. The van der Waals surface area contributed by atoms with Crippen LogP contribution in [0.25, 0.3) is 0 Å². The van der Waals surface area contributed by atoms with Gasteiger partial charge in [0.15, 0.2) is 11.5 Å². The van der Waals surface area contributed by atoms with Crippen molar-refractivity contribution in [1.29, 1.82) is 0 Å². The zero-order valence-corrected chi connectivity index (χ0v) is 9.98. The molecule has 0 amide bonds. The minimum Gasteiger partial charge on any atom is -0.502 e. The molecule has 0 heterocycles. The Morgan fingerprint density at radius 3 is 1.69 bits per heavy atom. The lowest BCUT2D eigenvalue weighted by molar-refractivity contribution is 0.340. The average Bonchev–Trinajstić information content (AvgIpc) is 2.16. The summed E-state index contributed by atoms with van der Waals surface area (Å²) in [5.74, 6) is 0.881. The van der Waals surface area contributed by atoms with E-state index in [-0.39, 0.29) is 5.75 Å². The van der Waals surface area contributed by atoms with Crippen LogP contribution in [0.2, 0.25) is 0 Å². The predicted molar refractivity (Wildman–Crippen MR) is 58.7 cm³/mol. The van der Waals surface area contributed by atoms with E-state index in [1.54, 1.807) is 18.2 Å². The lowest BCUT2D eigenvalue weighted by Crippen LogP contribution is -1.88. The summed E-state index contributed by atoms with van der Waals surface area (Å²) >= 11 is 0. The Morgan fingerprint density at radius 2 is 1.44 bits per heavy atom. The maximum Gasteiger partial charge on any atom is 0.261 e. The molecule has 0 bridgehead atoms. The lowest BCUT2D eigenvalue weighted by atomic mass is 10.3. The number of phenolic OH excluding ortho intramolecular Hbond substituents is 1. The molecule has 6 nitrogen and oxygen atoms in total. The fraction of sp³-hybridized carbons (Fsp3) is 0.333. The fourth-order valence-electron chi connectivity index (χ4n) is 0.832. The molecule has 92 valence electrons. The van der Waals surface area contributed by atoms with Crippen LogP contribution >= 0.6 is 0 Å². The Morgan fingerprint density at radius 1 is 1.12 bits per heavy atom. The number of phenols is 1. The van der Waals surface area contributed by atoms with E-state index in [1.807, 2.05) is 0 Å². The van der Waals surface area contributed by atoms with Gasteiger partial charge in [-0.1, -0.05) is 6.07 Å². The van der Waals surface area contributed by atoms with Crippen LogP contribution in [-0.2, 0) is 10.1 Å². The van der Waals surface area contributed by atoms with Gasteiger partial charge in [-0.25, -0.2) is 0 Å². The first-order chi connectivity index (χ1) is 7.29. The van der Waals surface area contributed by atoms with Gasteiger partial charge in [0.05, 0.1) is 20.5 Å². The summed E-state index contributed by atoms with van der Waals surface area (Å²) in [7, 11) is -0.678. The number of hydrogen-bond acceptors (Lipinski definition) is 5. The minimum absolute atomic E-state index is 0.0394.